The van der Waals surface area contributed by atoms with Crippen LogP contribution in [0.2, 0.25) is 0 Å². The van der Waals surface area contributed by atoms with E-state index in [1.54, 1.807) is 0 Å². The van der Waals surface area contributed by atoms with Gasteiger partial charge in [0.15, 0.2) is 0 Å². The van der Waals surface area contributed by atoms with E-state index in [2.05, 4.69) is 55.0 Å². The van der Waals surface area contributed by atoms with E-state index < -0.39 is 0 Å². The second kappa shape index (κ2) is 5.65. The van der Waals surface area contributed by atoms with E-state index in [1.165, 1.54) is 30.6 Å². The van der Waals surface area contributed by atoms with Gasteiger partial charge >= 0.3 is 0 Å². The molecule has 0 N–H and O–H groups in total. The van der Waals surface area contributed by atoms with Crippen molar-refractivity contribution in [2.75, 3.05) is 26.8 Å². The summed E-state index contributed by atoms with van der Waals surface area (Å²) in [6.45, 7) is 9.13. The summed E-state index contributed by atoms with van der Waals surface area (Å²) in [4.78, 5) is 4.87. The van der Waals surface area contributed by atoms with Crippen molar-refractivity contribution in [3.8, 4) is 0 Å². The van der Waals surface area contributed by atoms with Gasteiger partial charge in [0, 0.05) is 19.6 Å². The molecule has 2 heteroatoms. The van der Waals surface area contributed by atoms with Gasteiger partial charge in [-0.25, -0.2) is 0 Å². The largest absolute Gasteiger partial charge is 0.292 e. The fourth-order valence-corrected chi connectivity index (χ4v) is 2.37. The van der Waals surface area contributed by atoms with Crippen molar-refractivity contribution in [1.29, 1.82) is 0 Å². The molecule has 1 atom stereocenters. The molecule has 17 heavy (non-hydrogen) atoms. The van der Waals surface area contributed by atoms with Crippen LogP contribution in [0.3, 0.4) is 0 Å². The highest BCUT2D eigenvalue weighted by molar-refractivity contribution is 5.25. The highest BCUT2D eigenvalue weighted by Crippen LogP contribution is 2.19. The van der Waals surface area contributed by atoms with Crippen LogP contribution in [0.15, 0.2) is 24.3 Å². The molecule has 1 saturated heterocycles. The highest BCUT2D eigenvalue weighted by Gasteiger charge is 2.16. The Morgan fingerprint density at radius 1 is 1.18 bits per heavy atom. The van der Waals surface area contributed by atoms with E-state index in [-0.39, 0.29) is 0 Å². The first-order valence-electron chi connectivity index (χ1n) is 6.68. The maximum atomic E-state index is 2.50. The van der Waals surface area contributed by atoms with Crippen LogP contribution in [0.5, 0.6) is 0 Å². The first-order chi connectivity index (χ1) is 8.19. The Morgan fingerprint density at radius 3 is 2.41 bits per heavy atom. The van der Waals surface area contributed by atoms with Gasteiger partial charge in [0.2, 0.25) is 0 Å². The smallest absolute Gasteiger partial charge is 0.0507 e. The Hall–Kier alpha value is -0.860. The maximum Gasteiger partial charge on any atom is 0.0507 e. The number of rotatable bonds is 4. The van der Waals surface area contributed by atoms with Crippen LogP contribution in [-0.2, 0) is 6.54 Å². The normalized spacial score (nSPS) is 19.7. The van der Waals surface area contributed by atoms with E-state index in [9.17, 15) is 0 Å². The minimum Gasteiger partial charge on any atom is -0.292 e. The summed E-state index contributed by atoms with van der Waals surface area (Å²) >= 11 is 0. The average Bonchev–Trinajstić information content (AvgIpc) is 2.75. The van der Waals surface area contributed by atoms with Crippen molar-refractivity contribution < 1.29 is 0 Å². The average molecular weight is 232 g/mol. The van der Waals surface area contributed by atoms with Gasteiger partial charge in [-0.15, -0.1) is 0 Å². The third-order valence-electron chi connectivity index (χ3n) is 3.81. The van der Waals surface area contributed by atoms with Crippen LogP contribution in [-0.4, -0.2) is 36.6 Å². The fraction of sp³-hybridized carbons (Fsp3) is 0.600. The van der Waals surface area contributed by atoms with Crippen molar-refractivity contribution in [2.45, 2.75) is 32.7 Å². The van der Waals surface area contributed by atoms with E-state index in [4.69, 9.17) is 0 Å². The molecule has 0 radical (unpaired) electrons. The summed E-state index contributed by atoms with van der Waals surface area (Å²) in [5, 5.41) is 0. The Kier molecular flexibility index (Phi) is 4.19. The predicted octanol–water partition coefficient (Wildman–Crippen LogP) is 2.91. The molecule has 1 fully saturated rings. The van der Waals surface area contributed by atoms with Crippen molar-refractivity contribution in [3.05, 3.63) is 35.4 Å². The zero-order chi connectivity index (χ0) is 12.3. The third-order valence-corrected chi connectivity index (χ3v) is 3.81. The molecule has 1 aliphatic heterocycles. The molecule has 1 unspecified atom stereocenters. The topological polar surface area (TPSA) is 6.48 Å². The third kappa shape index (κ3) is 3.30. The lowest BCUT2D eigenvalue weighted by Gasteiger charge is -2.16. The number of hydrogen-bond acceptors (Lipinski definition) is 2. The molecule has 1 aliphatic rings. The SMILES string of the molecule is CCC(C)c1ccc(CN2CCN(C)C2)cc1. The lowest BCUT2D eigenvalue weighted by atomic mass is 9.97. The molecule has 0 aliphatic carbocycles. The van der Waals surface area contributed by atoms with Gasteiger partial charge in [-0.05, 0) is 30.5 Å². The summed E-state index contributed by atoms with van der Waals surface area (Å²) in [6.07, 6.45) is 1.22. The maximum absolute atomic E-state index is 2.50. The zero-order valence-electron chi connectivity index (χ0n) is 11.3. The van der Waals surface area contributed by atoms with Crippen LogP contribution >= 0.6 is 0 Å². The molecule has 94 valence electrons. The quantitative estimate of drug-likeness (QED) is 0.787. The van der Waals surface area contributed by atoms with Gasteiger partial charge in [-0.1, -0.05) is 38.1 Å². The van der Waals surface area contributed by atoms with Gasteiger partial charge in [0.1, 0.15) is 0 Å². The molecule has 0 amide bonds. The van der Waals surface area contributed by atoms with Crippen LogP contribution in [0.4, 0.5) is 0 Å². The molecule has 0 spiro atoms. The second-order valence-electron chi connectivity index (χ2n) is 5.32. The van der Waals surface area contributed by atoms with E-state index in [1.807, 2.05) is 0 Å². The Bertz CT molecular complexity index is 344. The second-order valence-corrected chi connectivity index (χ2v) is 5.32. The van der Waals surface area contributed by atoms with Gasteiger partial charge < -0.3 is 0 Å². The Balaban J connectivity index is 1.94. The Labute approximate surface area is 105 Å². The van der Waals surface area contributed by atoms with Crippen LogP contribution < -0.4 is 0 Å². The van der Waals surface area contributed by atoms with Gasteiger partial charge in [-0.2, -0.15) is 0 Å². The van der Waals surface area contributed by atoms with Crippen molar-refractivity contribution in [1.82, 2.24) is 9.80 Å². The number of hydrogen-bond donors (Lipinski definition) is 0. The minimum absolute atomic E-state index is 0.682. The molecule has 0 saturated carbocycles. The van der Waals surface area contributed by atoms with Crippen molar-refractivity contribution >= 4 is 0 Å². The molecule has 1 heterocycles. The first-order valence-corrected chi connectivity index (χ1v) is 6.68. The molecule has 2 nitrogen and oxygen atoms in total. The van der Waals surface area contributed by atoms with Crippen LogP contribution in [0.25, 0.3) is 0 Å². The lowest BCUT2D eigenvalue weighted by Crippen LogP contribution is -2.22. The molecule has 2 rings (SSSR count). The summed E-state index contributed by atoms with van der Waals surface area (Å²) in [5.74, 6) is 0.682. The lowest BCUT2D eigenvalue weighted by molar-refractivity contribution is 0.268. The van der Waals surface area contributed by atoms with Gasteiger partial charge in [-0.3, -0.25) is 9.80 Å². The van der Waals surface area contributed by atoms with Gasteiger partial charge in [0.25, 0.3) is 0 Å². The van der Waals surface area contributed by atoms with E-state index in [0.29, 0.717) is 5.92 Å². The summed E-state index contributed by atoms with van der Waals surface area (Å²) in [7, 11) is 2.19. The Morgan fingerprint density at radius 2 is 1.88 bits per heavy atom. The number of nitrogens with zero attached hydrogens (tertiary/aromatic N) is 2. The fourth-order valence-electron chi connectivity index (χ4n) is 2.37. The van der Waals surface area contributed by atoms with Crippen molar-refractivity contribution in [3.63, 3.8) is 0 Å². The van der Waals surface area contributed by atoms with Crippen molar-refractivity contribution in [2.24, 2.45) is 0 Å². The molecule has 1 aromatic carbocycles. The summed E-state index contributed by atoms with van der Waals surface area (Å²) in [5.41, 5.74) is 2.90. The van der Waals surface area contributed by atoms with E-state index in [0.717, 1.165) is 13.2 Å². The van der Waals surface area contributed by atoms with Gasteiger partial charge in [0.05, 0.1) is 6.67 Å². The number of benzene rings is 1. The number of likely N-dealkylation sites (N-methyl/N-ethyl adjacent to an activating group) is 1. The molecule has 0 aromatic heterocycles. The molecule has 0 bridgehead atoms. The highest BCUT2D eigenvalue weighted by atomic mass is 15.4. The standard InChI is InChI=1S/C15H24N2/c1-4-13(2)15-7-5-14(6-8-15)11-17-10-9-16(3)12-17/h5-8,13H,4,9-12H2,1-3H3. The first kappa shape index (κ1) is 12.6. The molecular weight excluding hydrogens is 208 g/mol. The molecule has 1 aromatic rings. The summed E-state index contributed by atoms with van der Waals surface area (Å²) < 4.78 is 0. The van der Waals surface area contributed by atoms with E-state index >= 15 is 0 Å². The predicted molar refractivity (Wildman–Crippen MR) is 73.1 cm³/mol. The van der Waals surface area contributed by atoms with Crippen LogP contribution in [0.1, 0.15) is 37.3 Å². The molecular formula is C15H24N2. The summed E-state index contributed by atoms with van der Waals surface area (Å²) in [6, 6.07) is 9.17. The van der Waals surface area contributed by atoms with Crippen LogP contribution in [0, 0.1) is 0 Å². The zero-order valence-corrected chi connectivity index (χ0v) is 11.3. The minimum atomic E-state index is 0.682. The monoisotopic (exact) mass is 232 g/mol.